The van der Waals surface area contributed by atoms with E-state index in [4.69, 9.17) is 14.2 Å². The van der Waals surface area contributed by atoms with Crippen molar-refractivity contribution in [3.8, 4) is 11.5 Å². The number of fused-ring (bicyclic) bond motifs is 1. The van der Waals surface area contributed by atoms with E-state index in [0.29, 0.717) is 5.75 Å². The summed E-state index contributed by atoms with van der Waals surface area (Å²) in [6.45, 7) is 7.61. The Morgan fingerprint density at radius 3 is 2.70 bits per heavy atom. The van der Waals surface area contributed by atoms with Crippen LogP contribution in [-0.2, 0) is 4.74 Å². The van der Waals surface area contributed by atoms with Gasteiger partial charge >= 0.3 is 6.09 Å². The summed E-state index contributed by atoms with van der Waals surface area (Å²) < 4.78 is 15.7. The van der Waals surface area contributed by atoms with E-state index < -0.39 is 11.7 Å². The van der Waals surface area contributed by atoms with Crippen molar-refractivity contribution < 1.29 is 19.0 Å². The van der Waals surface area contributed by atoms with Gasteiger partial charge < -0.3 is 14.2 Å². The SMILES string of the molecule is CC(NNC(=O)OC(C)(C)C)c1ccc2c(c1)OCO2. The molecule has 1 amide bonds. The first-order valence-electron chi connectivity index (χ1n) is 6.49. The topological polar surface area (TPSA) is 68.8 Å². The summed E-state index contributed by atoms with van der Waals surface area (Å²) >= 11 is 0. The molecule has 2 rings (SSSR count). The highest BCUT2D eigenvalue weighted by atomic mass is 16.7. The summed E-state index contributed by atoms with van der Waals surface area (Å²) in [5, 5.41) is 0. The molecule has 1 aliphatic heterocycles. The number of hydrogen-bond donors (Lipinski definition) is 2. The lowest BCUT2D eigenvalue weighted by Crippen LogP contribution is -2.42. The van der Waals surface area contributed by atoms with Crippen LogP contribution < -0.4 is 20.3 Å². The molecular formula is C14H20N2O4. The minimum atomic E-state index is -0.520. The number of hydrazine groups is 1. The molecule has 0 radical (unpaired) electrons. The summed E-state index contributed by atoms with van der Waals surface area (Å²) in [4.78, 5) is 11.5. The third kappa shape index (κ3) is 3.77. The van der Waals surface area contributed by atoms with Crippen molar-refractivity contribution in [1.82, 2.24) is 10.9 Å². The van der Waals surface area contributed by atoms with Gasteiger partial charge in [0, 0.05) is 6.04 Å². The maximum absolute atomic E-state index is 11.5. The second-order valence-electron chi connectivity index (χ2n) is 5.61. The third-order valence-corrected chi connectivity index (χ3v) is 2.69. The highest BCUT2D eigenvalue weighted by molar-refractivity contribution is 5.67. The minimum Gasteiger partial charge on any atom is -0.454 e. The van der Waals surface area contributed by atoms with Gasteiger partial charge in [0.1, 0.15) is 5.60 Å². The quantitative estimate of drug-likeness (QED) is 0.833. The van der Waals surface area contributed by atoms with Crippen LogP contribution in [0.4, 0.5) is 4.79 Å². The maximum atomic E-state index is 11.5. The van der Waals surface area contributed by atoms with E-state index in [2.05, 4.69) is 10.9 Å². The third-order valence-electron chi connectivity index (χ3n) is 2.69. The molecule has 110 valence electrons. The summed E-state index contributed by atoms with van der Waals surface area (Å²) in [5.74, 6) is 1.45. The standard InChI is InChI=1S/C14H20N2O4/c1-9(15-16-13(17)20-14(2,3)4)10-5-6-11-12(7-10)19-8-18-11/h5-7,9,15H,8H2,1-4H3,(H,16,17). The van der Waals surface area contributed by atoms with E-state index in [0.717, 1.165) is 11.3 Å². The molecule has 0 bridgehead atoms. The number of rotatable bonds is 3. The minimum absolute atomic E-state index is 0.0861. The van der Waals surface area contributed by atoms with Crippen molar-refractivity contribution in [2.75, 3.05) is 6.79 Å². The molecule has 1 atom stereocenters. The highest BCUT2D eigenvalue weighted by Crippen LogP contribution is 2.33. The average Bonchev–Trinajstić information content (AvgIpc) is 2.80. The molecule has 6 nitrogen and oxygen atoms in total. The Bertz CT molecular complexity index is 496. The zero-order valence-electron chi connectivity index (χ0n) is 12.1. The van der Waals surface area contributed by atoms with Crippen LogP contribution in [-0.4, -0.2) is 18.5 Å². The molecule has 0 saturated heterocycles. The van der Waals surface area contributed by atoms with E-state index in [1.165, 1.54) is 0 Å². The van der Waals surface area contributed by atoms with Crippen LogP contribution in [0.3, 0.4) is 0 Å². The molecule has 1 aliphatic rings. The van der Waals surface area contributed by atoms with Crippen molar-refractivity contribution in [1.29, 1.82) is 0 Å². The first-order valence-corrected chi connectivity index (χ1v) is 6.49. The smallest absolute Gasteiger partial charge is 0.422 e. The van der Waals surface area contributed by atoms with Gasteiger partial charge in [-0.2, -0.15) is 0 Å². The fraction of sp³-hybridized carbons (Fsp3) is 0.500. The Morgan fingerprint density at radius 2 is 2.00 bits per heavy atom. The molecule has 0 aromatic heterocycles. The summed E-state index contributed by atoms with van der Waals surface area (Å²) in [7, 11) is 0. The molecule has 0 fully saturated rings. The zero-order chi connectivity index (χ0) is 14.8. The van der Waals surface area contributed by atoms with E-state index in [-0.39, 0.29) is 12.8 Å². The Hall–Kier alpha value is -1.95. The van der Waals surface area contributed by atoms with Crippen LogP contribution in [0.1, 0.15) is 39.3 Å². The Kier molecular flexibility index (Phi) is 4.04. The van der Waals surface area contributed by atoms with E-state index >= 15 is 0 Å². The lowest BCUT2D eigenvalue weighted by Gasteiger charge is -2.21. The number of nitrogens with one attached hydrogen (secondary N) is 2. The monoisotopic (exact) mass is 280 g/mol. The molecule has 2 N–H and O–H groups in total. The molecule has 6 heteroatoms. The largest absolute Gasteiger partial charge is 0.454 e. The first kappa shape index (κ1) is 14.5. The van der Waals surface area contributed by atoms with Gasteiger partial charge in [-0.15, -0.1) is 0 Å². The Morgan fingerprint density at radius 1 is 1.30 bits per heavy atom. The van der Waals surface area contributed by atoms with Gasteiger partial charge in [-0.1, -0.05) is 6.07 Å². The fourth-order valence-corrected chi connectivity index (χ4v) is 1.74. The Balaban J connectivity index is 1.89. The number of carbonyl (C=O) groups is 1. The molecule has 20 heavy (non-hydrogen) atoms. The molecule has 1 aromatic rings. The molecule has 0 spiro atoms. The molecule has 1 heterocycles. The lowest BCUT2D eigenvalue weighted by atomic mass is 10.1. The average molecular weight is 280 g/mol. The summed E-state index contributed by atoms with van der Waals surface area (Å²) in [6, 6.07) is 5.57. The van der Waals surface area contributed by atoms with Crippen molar-refractivity contribution >= 4 is 6.09 Å². The van der Waals surface area contributed by atoms with Gasteiger partial charge in [0.2, 0.25) is 6.79 Å². The number of ether oxygens (including phenoxy) is 3. The predicted molar refractivity (Wildman–Crippen MR) is 73.5 cm³/mol. The van der Waals surface area contributed by atoms with Crippen LogP contribution in [0.25, 0.3) is 0 Å². The van der Waals surface area contributed by atoms with Crippen LogP contribution in [0.2, 0.25) is 0 Å². The van der Waals surface area contributed by atoms with Crippen molar-refractivity contribution in [2.24, 2.45) is 0 Å². The van der Waals surface area contributed by atoms with Gasteiger partial charge in [0.15, 0.2) is 11.5 Å². The van der Waals surface area contributed by atoms with Crippen LogP contribution >= 0.6 is 0 Å². The number of benzene rings is 1. The number of hydrogen-bond acceptors (Lipinski definition) is 5. The highest BCUT2D eigenvalue weighted by Gasteiger charge is 2.18. The predicted octanol–water partition coefficient (Wildman–Crippen LogP) is 2.51. The van der Waals surface area contributed by atoms with Gasteiger partial charge in [-0.25, -0.2) is 10.2 Å². The number of amides is 1. The van der Waals surface area contributed by atoms with Gasteiger partial charge in [-0.05, 0) is 45.4 Å². The fourth-order valence-electron chi connectivity index (χ4n) is 1.74. The van der Waals surface area contributed by atoms with E-state index in [1.807, 2.05) is 45.9 Å². The second kappa shape index (κ2) is 5.58. The maximum Gasteiger partial charge on any atom is 0.422 e. The van der Waals surface area contributed by atoms with Gasteiger partial charge in [0.05, 0.1) is 0 Å². The molecule has 1 aromatic carbocycles. The van der Waals surface area contributed by atoms with Gasteiger partial charge in [-0.3, -0.25) is 5.43 Å². The number of carbonyl (C=O) groups excluding carboxylic acids is 1. The molecule has 0 aliphatic carbocycles. The van der Waals surface area contributed by atoms with Crippen molar-refractivity contribution in [3.05, 3.63) is 23.8 Å². The zero-order valence-corrected chi connectivity index (χ0v) is 12.1. The first-order chi connectivity index (χ1) is 9.35. The van der Waals surface area contributed by atoms with Crippen LogP contribution in [0.5, 0.6) is 11.5 Å². The van der Waals surface area contributed by atoms with Crippen molar-refractivity contribution in [2.45, 2.75) is 39.3 Å². The van der Waals surface area contributed by atoms with Crippen LogP contribution in [0.15, 0.2) is 18.2 Å². The molecular weight excluding hydrogens is 260 g/mol. The Labute approximate surface area is 118 Å². The van der Waals surface area contributed by atoms with Gasteiger partial charge in [0.25, 0.3) is 0 Å². The normalized spacial score (nSPS) is 14.8. The van der Waals surface area contributed by atoms with Crippen LogP contribution in [0, 0.1) is 0 Å². The summed E-state index contributed by atoms with van der Waals surface area (Å²) in [6.07, 6.45) is -0.509. The molecule has 1 unspecified atom stereocenters. The second-order valence-corrected chi connectivity index (χ2v) is 5.61. The van der Waals surface area contributed by atoms with E-state index in [1.54, 1.807) is 0 Å². The summed E-state index contributed by atoms with van der Waals surface area (Å²) in [5.41, 5.74) is 5.87. The lowest BCUT2D eigenvalue weighted by molar-refractivity contribution is 0.0489. The molecule has 0 saturated carbocycles. The van der Waals surface area contributed by atoms with Crippen molar-refractivity contribution in [3.63, 3.8) is 0 Å². The van der Waals surface area contributed by atoms with E-state index in [9.17, 15) is 4.79 Å².